The fourth-order valence-electron chi connectivity index (χ4n) is 2.39. The minimum atomic E-state index is -0.0691. The Morgan fingerprint density at radius 3 is 2.57 bits per heavy atom. The SMILES string of the molecule is CC(=O)N(CCN(C)C)CC(=O)NCCC1=CCCCC1. The van der Waals surface area contributed by atoms with Crippen molar-refractivity contribution in [3.05, 3.63) is 11.6 Å². The highest BCUT2D eigenvalue weighted by molar-refractivity contribution is 5.83. The third-order valence-corrected chi connectivity index (χ3v) is 3.75. The van der Waals surface area contributed by atoms with Crippen LogP contribution in [-0.4, -0.2) is 61.9 Å². The van der Waals surface area contributed by atoms with E-state index in [2.05, 4.69) is 11.4 Å². The number of allylic oxidation sites excluding steroid dienone is 1. The molecule has 0 heterocycles. The van der Waals surface area contributed by atoms with Crippen LogP contribution in [0.25, 0.3) is 0 Å². The highest BCUT2D eigenvalue weighted by atomic mass is 16.2. The van der Waals surface area contributed by atoms with Gasteiger partial charge in [0.2, 0.25) is 11.8 Å². The zero-order chi connectivity index (χ0) is 15.7. The molecule has 0 atom stereocenters. The molecule has 0 bridgehead atoms. The molecule has 0 spiro atoms. The lowest BCUT2D eigenvalue weighted by Crippen LogP contribution is -2.42. The first kappa shape index (κ1) is 17.7. The van der Waals surface area contributed by atoms with E-state index < -0.39 is 0 Å². The summed E-state index contributed by atoms with van der Waals surface area (Å²) in [6.07, 6.45) is 8.13. The lowest BCUT2D eigenvalue weighted by molar-refractivity contribution is -0.134. The zero-order valence-corrected chi connectivity index (χ0v) is 13.7. The predicted molar refractivity (Wildman–Crippen MR) is 85.0 cm³/mol. The van der Waals surface area contributed by atoms with Crippen LogP contribution in [0.15, 0.2) is 11.6 Å². The minimum absolute atomic E-state index is 0.0537. The number of rotatable bonds is 8. The first-order valence-corrected chi connectivity index (χ1v) is 7.84. The van der Waals surface area contributed by atoms with Crippen molar-refractivity contribution in [2.75, 3.05) is 40.3 Å². The number of carbonyl (C=O) groups is 2. The molecule has 0 fully saturated rings. The number of hydrogen-bond donors (Lipinski definition) is 1. The number of nitrogens with one attached hydrogen (secondary N) is 1. The van der Waals surface area contributed by atoms with Gasteiger partial charge in [-0.1, -0.05) is 11.6 Å². The van der Waals surface area contributed by atoms with Gasteiger partial charge in [-0.25, -0.2) is 0 Å². The Labute approximate surface area is 128 Å². The number of hydrogen-bond acceptors (Lipinski definition) is 3. The van der Waals surface area contributed by atoms with Gasteiger partial charge in [-0.2, -0.15) is 0 Å². The van der Waals surface area contributed by atoms with Crippen LogP contribution in [0.4, 0.5) is 0 Å². The fraction of sp³-hybridized carbons (Fsp3) is 0.750. The molecule has 0 unspecified atom stereocenters. The Kier molecular flexibility index (Phi) is 8.05. The van der Waals surface area contributed by atoms with E-state index in [1.807, 2.05) is 19.0 Å². The molecule has 1 aliphatic rings. The Morgan fingerprint density at radius 2 is 2.00 bits per heavy atom. The average molecular weight is 295 g/mol. The van der Waals surface area contributed by atoms with Gasteiger partial charge >= 0.3 is 0 Å². The molecular weight excluding hydrogens is 266 g/mol. The van der Waals surface area contributed by atoms with Crippen molar-refractivity contribution in [1.29, 1.82) is 0 Å². The van der Waals surface area contributed by atoms with E-state index in [-0.39, 0.29) is 18.4 Å². The van der Waals surface area contributed by atoms with E-state index in [1.54, 1.807) is 4.90 Å². The molecule has 1 N–H and O–H groups in total. The van der Waals surface area contributed by atoms with Crippen molar-refractivity contribution in [2.24, 2.45) is 0 Å². The summed E-state index contributed by atoms with van der Waals surface area (Å²) in [4.78, 5) is 27.0. The molecule has 0 aromatic rings. The van der Waals surface area contributed by atoms with Crippen molar-refractivity contribution >= 4 is 11.8 Å². The zero-order valence-electron chi connectivity index (χ0n) is 13.7. The second kappa shape index (κ2) is 9.55. The summed E-state index contributed by atoms with van der Waals surface area (Å²) in [5, 5.41) is 2.92. The Bertz CT molecular complexity index is 378. The summed E-state index contributed by atoms with van der Waals surface area (Å²) < 4.78 is 0. The molecule has 5 nitrogen and oxygen atoms in total. The van der Waals surface area contributed by atoms with Crippen molar-refractivity contribution in [3.8, 4) is 0 Å². The molecule has 21 heavy (non-hydrogen) atoms. The standard InChI is InChI=1S/C16H29N3O2/c1-14(20)19(12-11-18(2)3)13-16(21)17-10-9-15-7-5-4-6-8-15/h7H,4-6,8-13H2,1-3H3,(H,17,21). The molecule has 0 aliphatic heterocycles. The van der Waals surface area contributed by atoms with Crippen LogP contribution >= 0.6 is 0 Å². The summed E-state index contributed by atoms with van der Waals surface area (Å²) in [5.41, 5.74) is 1.46. The van der Waals surface area contributed by atoms with Crippen molar-refractivity contribution in [3.63, 3.8) is 0 Å². The monoisotopic (exact) mass is 295 g/mol. The largest absolute Gasteiger partial charge is 0.354 e. The highest BCUT2D eigenvalue weighted by Gasteiger charge is 2.13. The number of amides is 2. The summed E-state index contributed by atoms with van der Waals surface area (Å²) in [6, 6.07) is 0. The van der Waals surface area contributed by atoms with Crippen LogP contribution in [0.3, 0.4) is 0 Å². The Morgan fingerprint density at radius 1 is 1.24 bits per heavy atom. The van der Waals surface area contributed by atoms with E-state index in [4.69, 9.17) is 0 Å². The first-order valence-electron chi connectivity index (χ1n) is 7.84. The minimum Gasteiger partial charge on any atom is -0.354 e. The fourth-order valence-corrected chi connectivity index (χ4v) is 2.39. The smallest absolute Gasteiger partial charge is 0.239 e. The third-order valence-electron chi connectivity index (χ3n) is 3.75. The number of likely N-dealkylation sites (N-methyl/N-ethyl adjacent to an activating group) is 1. The van der Waals surface area contributed by atoms with Gasteiger partial charge < -0.3 is 15.1 Å². The van der Waals surface area contributed by atoms with E-state index in [9.17, 15) is 9.59 Å². The molecular formula is C16H29N3O2. The van der Waals surface area contributed by atoms with Crippen LogP contribution in [0.5, 0.6) is 0 Å². The highest BCUT2D eigenvalue weighted by Crippen LogP contribution is 2.19. The number of carbonyl (C=O) groups excluding carboxylic acids is 2. The average Bonchev–Trinajstić information content (AvgIpc) is 2.44. The maximum absolute atomic E-state index is 11.9. The maximum Gasteiger partial charge on any atom is 0.239 e. The van der Waals surface area contributed by atoms with Gasteiger partial charge in [-0.15, -0.1) is 0 Å². The lowest BCUT2D eigenvalue weighted by Gasteiger charge is -2.22. The second-order valence-corrected chi connectivity index (χ2v) is 5.95. The Balaban J connectivity index is 2.26. The van der Waals surface area contributed by atoms with Crippen LogP contribution in [0.2, 0.25) is 0 Å². The van der Waals surface area contributed by atoms with E-state index in [0.29, 0.717) is 13.1 Å². The summed E-state index contributed by atoms with van der Waals surface area (Å²) in [7, 11) is 3.91. The van der Waals surface area contributed by atoms with Gasteiger partial charge in [0.1, 0.15) is 0 Å². The Hall–Kier alpha value is -1.36. The lowest BCUT2D eigenvalue weighted by atomic mass is 9.97. The molecule has 0 aromatic heterocycles. The van der Waals surface area contributed by atoms with Gasteiger partial charge in [0.15, 0.2) is 0 Å². The molecule has 5 heteroatoms. The van der Waals surface area contributed by atoms with Gasteiger partial charge in [-0.3, -0.25) is 9.59 Å². The van der Waals surface area contributed by atoms with E-state index in [0.717, 1.165) is 19.4 Å². The van der Waals surface area contributed by atoms with Gasteiger partial charge in [0, 0.05) is 26.6 Å². The van der Waals surface area contributed by atoms with E-state index >= 15 is 0 Å². The van der Waals surface area contributed by atoms with Crippen LogP contribution < -0.4 is 5.32 Å². The van der Waals surface area contributed by atoms with Crippen molar-refractivity contribution in [1.82, 2.24) is 15.1 Å². The quantitative estimate of drug-likeness (QED) is 0.689. The first-order chi connectivity index (χ1) is 9.99. The molecule has 0 aromatic carbocycles. The van der Waals surface area contributed by atoms with Crippen LogP contribution in [-0.2, 0) is 9.59 Å². The molecule has 2 amide bonds. The van der Waals surface area contributed by atoms with Crippen LogP contribution in [0.1, 0.15) is 39.0 Å². The van der Waals surface area contributed by atoms with Gasteiger partial charge in [0.25, 0.3) is 0 Å². The molecule has 0 saturated heterocycles. The van der Waals surface area contributed by atoms with Crippen molar-refractivity contribution < 1.29 is 9.59 Å². The topological polar surface area (TPSA) is 52.7 Å². The third kappa shape index (κ3) is 7.85. The summed E-state index contributed by atoms with van der Waals surface area (Å²) in [6.45, 7) is 3.68. The summed E-state index contributed by atoms with van der Waals surface area (Å²) >= 11 is 0. The molecule has 1 rings (SSSR count). The van der Waals surface area contributed by atoms with E-state index in [1.165, 1.54) is 31.8 Å². The number of nitrogens with zero attached hydrogens (tertiary/aromatic N) is 2. The van der Waals surface area contributed by atoms with Crippen LogP contribution in [0, 0.1) is 0 Å². The predicted octanol–water partition coefficient (Wildman–Crippen LogP) is 1.40. The molecule has 1 aliphatic carbocycles. The molecule has 0 saturated carbocycles. The second-order valence-electron chi connectivity index (χ2n) is 5.95. The normalized spacial score (nSPS) is 14.8. The maximum atomic E-state index is 11.9. The molecule has 0 radical (unpaired) electrons. The van der Waals surface area contributed by atoms with Gasteiger partial charge in [0.05, 0.1) is 6.54 Å². The van der Waals surface area contributed by atoms with Gasteiger partial charge in [-0.05, 0) is 46.2 Å². The van der Waals surface area contributed by atoms with Crippen molar-refractivity contribution in [2.45, 2.75) is 39.0 Å². The summed E-state index contributed by atoms with van der Waals surface area (Å²) in [5.74, 6) is -0.123. The molecule has 120 valence electrons.